The Balaban J connectivity index is 1.72. The minimum atomic E-state index is -0.652. The molecule has 0 saturated carbocycles. The number of fused-ring (bicyclic) bond motifs is 6. The lowest BCUT2D eigenvalue weighted by molar-refractivity contribution is -0.125. The first-order chi connectivity index (χ1) is 18.4. The molecular formula is C30H36N4O5. The van der Waals surface area contributed by atoms with Crippen LogP contribution in [0, 0.1) is 24.2 Å². The highest BCUT2D eigenvalue weighted by Crippen LogP contribution is 2.53. The molecule has 1 fully saturated rings. The molecule has 5 rings (SSSR count). The van der Waals surface area contributed by atoms with Crippen molar-refractivity contribution >= 4 is 17.5 Å². The number of nitrogens with one attached hydrogen (secondary N) is 1. The highest BCUT2D eigenvalue weighted by atomic mass is 16.5. The summed E-state index contributed by atoms with van der Waals surface area (Å²) in [4.78, 5) is 44.1. The zero-order chi connectivity index (χ0) is 28.5. The Hall–Kier alpha value is -3.48. The fourth-order valence-electron chi connectivity index (χ4n) is 7.11. The summed E-state index contributed by atoms with van der Waals surface area (Å²) < 4.78 is 5.55. The van der Waals surface area contributed by atoms with Crippen molar-refractivity contribution in [3.63, 3.8) is 0 Å². The molecule has 4 aliphatic rings. The van der Waals surface area contributed by atoms with Crippen LogP contribution in [0.5, 0.6) is 11.5 Å². The van der Waals surface area contributed by atoms with E-state index >= 15 is 0 Å². The van der Waals surface area contributed by atoms with Crippen molar-refractivity contribution < 1.29 is 24.2 Å². The van der Waals surface area contributed by atoms with Crippen LogP contribution in [0.2, 0.25) is 0 Å². The molecule has 1 aliphatic carbocycles. The first-order valence-electron chi connectivity index (χ1n) is 13.5. The number of ether oxygens (including phenoxy) is 1. The van der Waals surface area contributed by atoms with Crippen LogP contribution in [0.4, 0.5) is 0 Å². The predicted octanol–water partition coefficient (Wildman–Crippen LogP) is 2.51. The molecule has 0 radical (unpaired) electrons. The van der Waals surface area contributed by atoms with Crippen LogP contribution in [-0.4, -0.2) is 77.2 Å². The van der Waals surface area contributed by atoms with Gasteiger partial charge in [0.25, 0.3) is 0 Å². The van der Waals surface area contributed by atoms with E-state index in [-0.39, 0.29) is 54.2 Å². The molecule has 2 N–H and O–H groups in total. The average molecular weight is 533 g/mol. The Morgan fingerprint density at radius 2 is 1.85 bits per heavy atom. The number of allylic oxidation sites excluding steroid dienone is 2. The Bertz CT molecular complexity index is 1400. The first kappa shape index (κ1) is 27.1. The number of nitriles is 1. The number of Topliss-reactive ketones (excluding diaryl/α,β-unsaturated/α-hetero) is 2. The molecule has 3 aliphatic heterocycles. The molecule has 1 aromatic rings. The molecule has 0 aromatic heterocycles. The fraction of sp³-hybridized carbons (Fsp3) is 0.533. The molecule has 0 unspecified atom stereocenters. The summed E-state index contributed by atoms with van der Waals surface area (Å²) in [5.74, 6) is -0.315. The normalized spacial score (nSPS) is 28.6. The molecule has 9 nitrogen and oxygen atoms in total. The summed E-state index contributed by atoms with van der Waals surface area (Å²) in [6.07, 6.45) is 0.790. The van der Waals surface area contributed by atoms with Crippen molar-refractivity contribution in [2.45, 2.75) is 77.7 Å². The Kier molecular flexibility index (Phi) is 6.68. The highest BCUT2D eigenvalue weighted by molar-refractivity contribution is 6.25. The molecule has 5 atom stereocenters. The van der Waals surface area contributed by atoms with Gasteiger partial charge in [0, 0.05) is 52.4 Å². The van der Waals surface area contributed by atoms with Gasteiger partial charge in [0.1, 0.15) is 6.04 Å². The number of piperazine rings is 1. The number of nitrogens with zero attached hydrogens (tertiary/aromatic N) is 3. The predicted molar refractivity (Wildman–Crippen MR) is 144 cm³/mol. The van der Waals surface area contributed by atoms with Gasteiger partial charge in [-0.2, -0.15) is 5.26 Å². The molecule has 206 valence electrons. The molecule has 39 heavy (non-hydrogen) atoms. The number of hydrogen-bond acceptors (Lipinski definition) is 8. The summed E-state index contributed by atoms with van der Waals surface area (Å²) >= 11 is 0. The molecular weight excluding hydrogens is 496 g/mol. The smallest absolute Gasteiger partial charge is 0.222 e. The van der Waals surface area contributed by atoms with Gasteiger partial charge < -0.3 is 15.2 Å². The Morgan fingerprint density at radius 1 is 1.18 bits per heavy atom. The molecule has 1 aromatic carbocycles. The second kappa shape index (κ2) is 9.61. The highest BCUT2D eigenvalue weighted by Gasteiger charge is 2.57. The summed E-state index contributed by atoms with van der Waals surface area (Å²) in [5.41, 5.74) is 4.17. The van der Waals surface area contributed by atoms with Gasteiger partial charge in [0.2, 0.25) is 5.91 Å². The van der Waals surface area contributed by atoms with Crippen molar-refractivity contribution in [3.8, 4) is 17.6 Å². The van der Waals surface area contributed by atoms with Gasteiger partial charge in [-0.3, -0.25) is 24.2 Å². The second-order valence-electron chi connectivity index (χ2n) is 11.5. The third-order valence-corrected chi connectivity index (χ3v) is 9.21. The number of phenolic OH excluding ortho intramolecular Hbond substituents is 1. The number of benzene rings is 1. The van der Waals surface area contributed by atoms with Gasteiger partial charge in [0.05, 0.1) is 25.3 Å². The Labute approximate surface area is 229 Å². The number of amides is 1. The number of methoxy groups -OCH3 is 1. The average Bonchev–Trinajstić information content (AvgIpc) is 2.89. The Morgan fingerprint density at radius 3 is 2.46 bits per heavy atom. The number of phenols is 1. The minimum absolute atomic E-state index is 0.0700. The van der Waals surface area contributed by atoms with Gasteiger partial charge in [-0.25, -0.2) is 0 Å². The van der Waals surface area contributed by atoms with Crippen molar-refractivity contribution in [3.05, 3.63) is 45.0 Å². The quantitative estimate of drug-likeness (QED) is 0.567. The number of ketones is 2. The van der Waals surface area contributed by atoms with Crippen LogP contribution in [0.3, 0.4) is 0 Å². The van der Waals surface area contributed by atoms with Crippen LogP contribution >= 0.6 is 0 Å². The standard InChI is InChI=1S/C30H36N4O5/c1-13(2)30(38)32-12-22-24-18(26(35)15(4)16(5)27(24)36)10-20-25-23-17(8-14(3)29(39-7)28(23)37)9-19(33(25)6)21(11-31)34(20)22/h8,13,19-22,25,37H,9-10,12H2,1-7H3,(H,32,38)/t19-,20-,21-,22-,25-/m0/s1. The number of aromatic hydroxyl groups is 1. The van der Waals surface area contributed by atoms with E-state index in [4.69, 9.17) is 4.74 Å². The van der Waals surface area contributed by atoms with E-state index in [0.29, 0.717) is 34.5 Å². The topological polar surface area (TPSA) is 123 Å². The van der Waals surface area contributed by atoms with E-state index in [1.165, 1.54) is 7.11 Å². The van der Waals surface area contributed by atoms with Crippen LogP contribution in [0.1, 0.15) is 56.8 Å². The monoisotopic (exact) mass is 532 g/mol. The van der Waals surface area contributed by atoms with E-state index in [1.807, 2.05) is 24.9 Å². The number of hydrogen-bond donors (Lipinski definition) is 2. The van der Waals surface area contributed by atoms with Crippen LogP contribution in [0.25, 0.3) is 0 Å². The lowest BCUT2D eigenvalue weighted by atomic mass is 9.69. The zero-order valence-corrected chi connectivity index (χ0v) is 23.6. The van der Waals surface area contributed by atoms with Gasteiger partial charge in [0.15, 0.2) is 23.1 Å². The van der Waals surface area contributed by atoms with Gasteiger partial charge in [-0.15, -0.1) is 0 Å². The van der Waals surface area contributed by atoms with E-state index in [2.05, 4.69) is 16.3 Å². The summed E-state index contributed by atoms with van der Waals surface area (Å²) in [5, 5.41) is 24.9. The largest absolute Gasteiger partial charge is 0.504 e. The number of carbonyl (C=O) groups excluding carboxylic acids is 3. The number of aryl methyl sites for hydroxylation is 1. The third kappa shape index (κ3) is 3.84. The van der Waals surface area contributed by atoms with Crippen LogP contribution in [-0.2, 0) is 20.8 Å². The molecule has 9 heteroatoms. The third-order valence-electron chi connectivity index (χ3n) is 9.21. The summed E-state index contributed by atoms with van der Waals surface area (Å²) in [7, 11) is 3.48. The summed E-state index contributed by atoms with van der Waals surface area (Å²) in [6.45, 7) is 8.92. The van der Waals surface area contributed by atoms with Crippen molar-refractivity contribution in [1.82, 2.24) is 15.1 Å². The van der Waals surface area contributed by atoms with Gasteiger partial charge in [-0.05, 0) is 51.8 Å². The first-order valence-corrected chi connectivity index (χ1v) is 13.5. The van der Waals surface area contributed by atoms with Gasteiger partial charge in [-0.1, -0.05) is 19.9 Å². The summed E-state index contributed by atoms with van der Waals surface area (Å²) in [6, 6.07) is 2.31. The molecule has 1 saturated heterocycles. The fourth-order valence-corrected chi connectivity index (χ4v) is 7.11. The molecule has 3 heterocycles. The lowest BCUT2D eigenvalue weighted by Crippen LogP contribution is -2.71. The molecule has 1 amide bonds. The number of likely N-dealkylation sites (N-methyl/N-ethyl adjacent to an activating group) is 1. The van der Waals surface area contributed by atoms with Crippen molar-refractivity contribution in [2.75, 3.05) is 20.7 Å². The SMILES string of the molecule is COc1c(C)cc2c(c1O)[C@@H]1[C@@H]3CC4=C(C(=O)C(C)=C(C)C4=O)[C@H](CNC(=O)C(C)C)N3[C@@H](C#N)[C@H](C2)N1C. The van der Waals surface area contributed by atoms with E-state index in [9.17, 15) is 24.8 Å². The van der Waals surface area contributed by atoms with Crippen molar-refractivity contribution in [2.24, 2.45) is 5.92 Å². The lowest BCUT2D eigenvalue weighted by Gasteiger charge is -2.60. The van der Waals surface area contributed by atoms with Gasteiger partial charge >= 0.3 is 0 Å². The molecule has 0 spiro atoms. The minimum Gasteiger partial charge on any atom is -0.504 e. The van der Waals surface area contributed by atoms with E-state index < -0.39 is 18.1 Å². The van der Waals surface area contributed by atoms with Crippen LogP contribution < -0.4 is 10.1 Å². The second-order valence-corrected chi connectivity index (χ2v) is 11.5. The maximum absolute atomic E-state index is 13.7. The van der Waals surface area contributed by atoms with E-state index in [0.717, 1.165) is 16.7 Å². The maximum atomic E-state index is 13.7. The number of carbonyl (C=O) groups is 3. The maximum Gasteiger partial charge on any atom is 0.222 e. The van der Waals surface area contributed by atoms with Crippen LogP contribution in [0.15, 0.2) is 28.4 Å². The zero-order valence-electron chi connectivity index (χ0n) is 23.6. The van der Waals surface area contributed by atoms with E-state index in [1.54, 1.807) is 27.7 Å². The van der Waals surface area contributed by atoms with Crippen molar-refractivity contribution in [1.29, 1.82) is 5.26 Å². The number of rotatable bonds is 4. The molecule has 2 bridgehead atoms.